The number of ketones is 1. The zero-order valence-corrected chi connectivity index (χ0v) is 17.6. The van der Waals surface area contributed by atoms with Crippen LogP contribution in [0.4, 0.5) is 11.4 Å². The van der Waals surface area contributed by atoms with Gasteiger partial charge in [-0.15, -0.1) is 0 Å². The molecule has 0 unspecified atom stereocenters. The van der Waals surface area contributed by atoms with Crippen LogP contribution < -0.4 is 9.62 Å². The number of nitrogens with one attached hydrogen (secondary N) is 1. The van der Waals surface area contributed by atoms with Crippen molar-refractivity contribution in [2.75, 3.05) is 15.9 Å². The molecule has 2 rings (SSSR count). The van der Waals surface area contributed by atoms with Crippen molar-refractivity contribution >= 4 is 33.1 Å². The SMILES string of the molecule is CC[C@H](C(=O)Nc1cccc(C(C)=O)c1)N(c1cc(C)ccc1C)S(C)(=O)=O. The Morgan fingerprint density at radius 1 is 1.11 bits per heavy atom. The van der Waals surface area contributed by atoms with E-state index in [1.807, 2.05) is 26.0 Å². The fourth-order valence-corrected chi connectivity index (χ4v) is 4.29. The lowest BCUT2D eigenvalue weighted by molar-refractivity contribution is -0.117. The zero-order chi connectivity index (χ0) is 21.1. The van der Waals surface area contributed by atoms with Crippen molar-refractivity contribution in [3.63, 3.8) is 0 Å². The van der Waals surface area contributed by atoms with Gasteiger partial charge in [-0.2, -0.15) is 0 Å². The molecule has 0 spiro atoms. The Bertz CT molecular complexity index is 999. The van der Waals surface area contributed by atoms with Crippen LogP contribution in [0.1, 0.15) is 41.8 Å². The highest BCUT2D eigenvalue weighted by Crippen LogP contribution is 2.28. The molecule has 28 heavy (non-hydrogen) atoms. The van der Waals surface area contributed by atoms with E-state index < -0.39 is 22.0 Å². The summed E-state index contributed by atoms with van der Waals surface area (Å²) in [4.78, 5) is 24.5. The van der Waals surface area contributed by atoms with Crippen LogP contribution in [-0.4, -0.2) is 32.4 Å². The van der Waals surface area contributed by atoms with E-state index in [-0.39, 0.29) is 5.78 Å². The molecule has 0 aliphatic carbocycles. The van der Waals surface area contributed by atoms with Crippen molar-refractivity contribution in [1.82, 2.24) is 0 Å². The average molecular weight is 403 g/mol. The zero-order valence-electron chi connectivity index (χ0n) is 16.8. The van der Waals surface area contributed by atoms with Crippen molar-refractivity contribution in [2.24, 2.45) is 0 Å². The fraction of sp³-hybridized carbons (Fsp3) is 0.333. The topological polar surface area (TPSA) is 83.6 Å². The summed E-state index contributed by atoms with van der Waals surface area (Å²) in [5.74, 6) is -0.564. The van der Waals surface area contributed by atoms with Crippen molar-refractivity contribution in [2.45, 2.75) is 40.2 Å². The summed E-state index contributed by atoms with van der Waals surface area (Å²) in [6.07, 6.45) is 1.39. The Labute approximate surface area is 166 Å². The monoisotopic (exact) mass is 402 g/mol. The third-order valence-electron chi connectivity index (χ3n) is 4.47. The van der Waals surface area contributed by atoms with E-state index in [0.717, 1.165) is 17.4 Å². The van der Waals surface area contributed by atoms with Crippen LogP contribution in [-0.2, 0) is 14.8 Å². The van der Waals surface area contributed by atoms with E-state index in [4.69, 9.17) is 0 Å². The number of rotatable bonds is 7. The Morgan fingerprint density at radius 3 is 2.36 bits per heavy atom. The highest BCUT2D eigenvalue weighted by atomic mass is 32.2. The summed E-state index contributed by atoms with van der Waals surface area (Å²) in [6.45, 7) is 6.90. The number of benzene rings is 2. The van der Waals surface area contributed by atoms with Crippen LogP contribution in [0.2, 0.25) is 0 Å². The van der Waals surface area contributed by atoms with E-state index in [1.165, 1.54) is 11.2 Å². The summed E-state index contributed by atoms with van der Waals surface area (Å²) in [6, 6.07) is 11.2. The Kier molecular flexibility index (Phi) is 6.61. The van der Waals surface area contributed by atoms with Crippen LogP contribution in [0.15, 0.2) is 42.5 Å². The standard InChI is InChI=1S/C21H26N2O4S/c1-6-19(21(25)22-18-9-7-8-17(13-18)16(4)24)23(28(5,26)27)20-12-14(2)10-11-15(20)3/h7-13,19H,6H2,1-5H3,(H,22,25)/t19-/m1/s1. The van der Waals surface area contributed by atoms with Crippen molar-refractivity contribution in [1.29, 1.82) is 0 Å². The molecule has 0 aliphatic heterocycles. The van der Waals surface area contributed by atoms with Crippen molar-refractivity contribution in [3.05, 3.63) is 59.2 Å². The number of carbonyl (C=O) groups excluding carboxylic acids is 2. The largest absolute Gasteiger partial charge is 0.324 e. The minimum absolute atomic E-state index is 0.115. The molecule has 0 bridgehead atoms. The Hall–Kier alpha value is -2.67. The molecule has 0 radical (unpaired) electrons. The van der Waals surface area contributed by atoms with Crippen LogP contribution >= 0.6 is 0 Å². The van der Waals surface area contributed by atoms with Gasteiger partial charge < -0.3 is 5.32 Å². The van der Waals surface area contributed by atoms with Gasteiger partial charge in [-0.1, -0.05) is 31.2 Å². The van der Waals surface area contributed by atoms with Gasteiger partial charge in [0.05, 0.1) is 11.9 Å². The molecular formula is C21H26N2O4S. The van der Waals surface area contributed by atoms with Gasteiger partial charge in [-0.05, 0) is 56.5 Å². The molecule has 1 N–H and O–H groups in total. The van der Waals surface area contributed by atoms with Gasteiger partial charge >= 0.3 is 0 Å². The number of aryl methyl sites for hydroxylation is 2. The molecule has 150 valence electrons. The summed E-state index contributed by atoms with van der Waals surface area (Å²) >= 11 is 0. The number of hydrogen-bond donors (Lipinski definition) is 1. The maximum absolute atomic E-state index is 13.0. The molecule has 0 saturated carbocycles. The molecule has 2 aromatic carbocycles. The lowest BCUT2D eigenvalue weighted by atomic mass is 10.1. The number of carbonyl (C=O) groups is 2. The fourth-order valence-electron chi connectivity index (χ4n) is 3.03. The Morgan fingerprint density at radius 2 is 1.79 bits per heavy atom. The normalized spacial score (nSPS) is 12.3. The average Bonchev–Trinajstić information content (AvgIpc) is 2.61. The first-order chi connectivity index (χ1) is 13.0. The van der Waals surface area contributed by atoms with Gasteiger partial charge in [0.1, 0.15) is 6.04 Å². The van der Waals surface area contributed by atoms with Gasteiger partial charge in [0.2, 0.25) is 15.9 Å². The Balaban J connectivity index is 2.44. The lowest BCUT2D eigenvalue weighted by Crippen LogP contribution is -2.47. The van der Waals surface area contributed by atoms with Gasteiger partial charge in [0.15, 0.2) is 5.78 Å². The molecule has 0 aromatic heterocycles. The van der Waals surface area contributed by atoms with E-state index in [9.17, 15) is 18.0 Å². The molecule has 0 saturated heterocycles. The second-order valence-electron chi connectivity index (χ2n) is 6.90. The molecule has 1 atom stereocenters. The minimum atomic E-state index is -3.71. The van der Waals surface area contributed by atoms with Gasteiger partial charge in [0.25, 0.3) is 0 Å². The first-order valence-electron chi connectivity index (χ1n) is 9.03. The first kappa shape index (κ1) is 21.6. The minimum Gasteiger partial charge on any atom is -0.324 e. The van der Waals surface area contributed by atoms with E-state index >= 15 is 0 Å². The van der Waals surface area contributed by atoms with Crippen molar-refractivity contribution < 1.29 is 18.0 Å². The predicted octanol–water partition coefficient (Wildman–Crippen LogP) is 3.69. The second-order valence-corrected chi connectivity index (χ2v) is 8.76. The van der Waals surface area contributed by atoms with E-state index in [1.54, 1.807) is 37.3 Å². The van der Waals surface area contributed by atoms with Gasteiger partial charge in [0, 0.05) is 11.3 Å². The quantitative estimate of drug-likeness (QED) is 0.716. The molecule has 0 fully saturated rings. The number of Topliss-reactive ketones (excluding diaryl/α,β-unsaturated/α-hetero) is 1. The molecular weight excluding hydrogens is 376 g/mol. The molecule has 7 heteroatoms. The van der Waals surface area contributed by atoms with Gasteiger partial charge in [-0.25, -0.2) is 8.42 Å². The van der Waals surface area contributed by atoms with Crippen molar-refractivity contribution in [3.8, 4) is 0 Å². The number of amides is 1. The number of hydrogen-bond acceptors (Lipinski definition) is 4. The highest BCUT2D eigenvalue weighted by molar-refractivity contribution is 7.92. The second kappa shape index (κ2) is 8.56. The highest BCUT2D eigenvalue weighted by Gasteiger charge is 2.32. The molecule has 0 heterocycles. The third kappa shape index (κ3) is 4.98. The van der Waals surface area contributed by atoms with E-state index in [0.29, 0.717) is 23.4 Å². The summed E-state index contributed by atoms with van der Waals surface area (Å²) < 4.78 is 26.4. The summed E-state index contributed by atoms with van der Waals surface area (Å²) in [5, 5.41) is 2.75. The van der Waals surface area contributed by atoms with Crippen LogP contribution in [0.5, 0.6) is 0 Å². The number of nitrogens with zero attached hydrogens (tertiary/aromatic N) is 1. The predicted molar refractivity (Wildman–Crippen MR) is 112 cm³/mol. The van der Waals surface area contributed by atoms with Crippen LogP contribution in [0.25, 0.3) is 0 Å². The van der Waals surface area contributed by atoms with Crippen LogP contribution in [0, 0.1) is 13.8 Å². The molecule has 1 amide bonds. The molecule has 0 aliphatic rings. The lowest BCUT2D eigenvalue weighted by Gasteiger charge is -2.31. The smallest absolute Gasteiger partial charge is 0.248 e. The molecule has 6 nitrogen and oxygen atoms in total. The maximum atomic E-state index is 13.0. The number of sulfonamides is 1. The van der Waals surface area contributed by atoms with Gasteiger partial charge in [-0.3, -0.25) is 13.9 Å². The van der Waals surface area contributed by atoms with E-state index in [2.05, 4.69) is 5.32 Å². The number of anilines is 2. The third-order valence-corrected chi connectivity index (χ3v) is 5.63. The molecule has 2 aromatic rings. The summed E-state index contributed by atoms with van der Waals surface area (Å²) in [7, 11) is -3.71. The maximum Gasteiger partial charge on any atom is 0.248 e. The van der Waals surface area contributed by atoms with Crippen LogP contribution in [0.3, 0.4) is 0 Å². The summed E-state index contributed by atoms with van der Waals surface area (Å²) in [5.41, 5.74) is 3.08. The first-order valence-corrected chi connectivity index (χ1v) is 10.9.